The first kappa shape index (κ1) is 8.29. The second kappa shape index (κ2) is 3.06. The van der Waals surface area contributed by atoms with Crippen LogP contribution < -0.4 is 0 Å². The Kier molecular flexibility index (Phi) is 2.54. The van der Waals surface area contributed by atoms with Gasteiger partial charge in [0.25, 0.3) is 0 Å². The van der Waals surface area contributed by atoms with Crippen molar-refractivity contribution in [2.24, 2.45) is 0 Å². The van der Waals surface area contributed by atoms with Crippen LogP contribution in [0.25, 0.3) is 0 Å². The van der Waals surface area contributed by atoms with Crippen molar-refractivity contribution in [3.8, 4) is 0 Å². The van der Waals surface area contributed by atoms with Crippen LogP contribution in [0.5, 0.6) is 0 Å². The summed E-state index contributed by atoms with van der Waals surface area (Å²) in [4.78, 5) is 0. The molecule has 1 heterocycles. The van der Waals surface area contributed by atoms with E-state index < -0.39 is 24.6 Å². The molecular weight excluding hydrogens is 156 g/mol. The predicted molar refractivity (Wildman–Crippen MR) is 36.7 cm³/mol. The van der Waals surface area contributed by atoms with Gasteiger partial charge in [-0.1, -0.05) is 0 Å². The van der Waals surface area contributed by atoms with Gasteiger partial charge < -0.3 is 20.1 Å². The monoisotopic (exact) mass is 166 g/mol. The zero-order chi connectivity index (χ0) is 7.72. The van der Waals surface area contributed by atoms with Gasteiger partial charge in [-0.25, -0.2) is 0 Å². The molecule has 0 bridgehead atoms. The SMILES string of the molecule is OC1O[C@H](CS)[C@@H](O)[C@@H]1O. The zero-order valence-electron chi connectivity index (χ0n) is 5.21. The summed E-state index contributed by atoms with van der Waals surface area (Å²) in [7, 11) is 0. The van der Waals surface area contributed by atoms with Crippen molar-refractivity contribution < 1.29 is 20.1 Å². The molecule has 0 amide bonds. The van der Waals surface area contributed by atoms with Crippen LogP contribution in [0.4, 0.5) is 0 Å². The third-order valence-electron chi connectivity index (χ3n) is 1.52. The van der Waals surface area contributed by atoms with Crippen LogP contribution in [0.15, 0.2) is 0 Å². The molecule has 3 N–H and O–H groups in total. The quantitative estimate of drug-likeness (QED) is 0.352. The smallest absolute Gasteiger partial charge is 0.183 e. The lowest BCUT2D eigenvalue weighted by molar-refractivity contribution is -0.123. The molecule has 0 radical (unpaired) electrons. The summed E-state index contributed by atoms with van der Waals surface area (Å²) in [5, 5.41) is 26.8. The number of thiol groups is 1. The molecule has 0 aromatic rings. The molecular formula is C5H10O4S. The fraction of sp³-hybridized carbons (Fsp3) is 1.00. The first-order valence-corrected chi connectivity index (χ1v) is 3.60. The Hall–Kier alpha value is 0.190. The maximum absolute atomic E-state index is 9.04. The highest BCUT2D eigenvalue weighted by Crippen LogP contribution is 2.19. The van der Waals surface area contributed by atoms with Gasteiger partial charge in [0.1, 0.15) is 12.2 Å². The van der Waals surface area contributed by atoms with Crippen LogP contribution in [-0.4, -0.2) is 45.7 Å². The largest absolute Gasteiger partial charge is 0.387 e. The topological polar surface area (TPSA) is 69.9 Å². The van der Waals surface area contributed by atoms with Gasteiger partial charge in [-0.3, -0.25) is 0 Å². The van der Waals surface area contributed by atoms with E-state index in [4.69, 9.17) is 20.1 Å². The van der Waals surface area contributed by atoms with Crippen molar-refractivity contribution in [3.05, 3.63) is 0 Å². The van der Waals surface area contributed by atoms with E-state index in [1.54, 1.807) is 0 Å². The maximum Gasteiger partial charge on any atom is 0.183 e. The van der Waals surface area contributed by atoms with Crippen molar-refractivity contribution >= 4 is 12.6 Å². The molecule has 1 aliphatic rings. The van der Waals surface area contributed by atoms with Gasteiger partial charge in [0.05, 0.1) is 6.10 Å². The van der Waals surface area contributed by atoms with E-state index in [-0.39, 0.29) is 5.75 Å². The molecule has 1 rings (SSSR count). The van der Waals surface area contributed by atoms with Crippen molar-refractivity contribution in [2.45, 2.75) is 24.6 Å². The molecule has 0 aliphatic carbocycles. The van der Waals surface area contributed by atoms with Crippen LogP contribution >= 0.6 is 12.6 Å². The molecule has 60 valence electrons. The molecule has 0 spiro atoms. The van der Waals surface area contributed by atoms with Gasteiger partial charge in [-0.15, -0.1) is 0 Å². The van der Waals surface area contributed by atoms with Crippen molar-refractivity contribution in [1.29, 1.82) is 0 Å². The molecule has 0 saturated carbocycles. The van der Waals surface area contributed by atoms with Crippen molar-refractivity contribution in [3.63, 3.8) is 0 Å². The Morgan fingerprint density at radius 1 is 1.20 bits per heavy atom. The summed E-state index contributed by atoms with van der Waals surface area (Å²) < 4.78 is 4.71. The van der Waals surface area contributed by atoms with Crippen molar-refractivity contribution in [1.82, 2.24) is 0 Å². The Bertz CT molecular complexity index is 120. The Labute approximate surface area is 63.8 Å². The predicted octanol–water partition coefficient (Wildman–Crippen LogP) is -1.64. The number of aliphatic hydroxyl groups excluding tert-OH is 3. The molecule has 4 nitrogen and oxygen atoms in total. The van der Waals surface area contributed by atoms with Gasteiger partial charge in [-0.05, 0) is 0 Å². The molecule has 5 heteroatoms. The number of hydrogen-bond acceptors (Lipinski definition) is 5. The van der Waals surface area contributed by atoms with E-state index in [0.717, 1.165) is 0 Å². The van der Waals surface area contributed by atoms with Gasteiger partial charge in [0.15, 0.2) is 6.29 Å². The lowest BCUT2D eigenvalue weighted by atomic mass is 10.2. The zero-order valence-corrected chi connectivity index (χ0v) is 6.11. The highest BCUT2D eigenvalue weighted by atomic mass is 32.1. The molecule has 0 aromatic carbocycles. The van der Waals surface area contributed by atoms with Crippen LogP contribution in [0.1, 0.15) is 0 Å². The fourth-order valence-corrected chi connectivity index (χ4v) is 1.18. The minimum absolute atomic E-state index is 0.287. The minimum Gasteiger partial charge on any atom is -0.387 e. The summed E-state index contributed by atoms with van der Waals surface area (Å²) >= 11 is 3.85. The Morgan fingerprint density at radius 3 is 2.00 bits per heavy atom. The number of aliphatic hydroxyl groups is 3. The standard InChI is InChI=1S/C5H10O4S/c6-3-2(1-10)9-5(8)4(3)7/h2-8,10H,1H2/t2-,3-,4+,5?/m1/s1. The minimum atomic E-state index is -1.27. The van der Waals surface area contributed by atoms with E-state index in [1.165, 1.54) is 0 Å². The fourth-order valence-electron chi connectivity index (χ4n) is 0.880. The molecule has 1 saturated heterocycles. The van der Waals surface area contributed by atoms with Crippen LogP contribution in [0.3, 0.4) is 0 Å². The van der Waals surface area contributed by atoms with E-state index in [0.29, 0.717) is 0 Å². The van der Waals surface area contributed by atoms with Crippen LogP contribution in [0.2, 0.25) is 0 Å². The van der Waals surface area contributed by atoms with Crippen LogP contribution in [0, 0.1) is 0 Å². The van der Waals surface area contributed by atoms with Crippen LogP contribution in [-0.2, 0) is 4.74 Å². The molecule has 1 fully saturated rings. The van der Waals surface area contributed by atoms with E-state index in [2.05, 4.69) is 12.6 Å². The lowest BCUT2D eigenvalue weighted by Gasteiger charge is -2.09. The van der Waals surface area contributed by atoms with Gasteiger partial charge in [0, 0.05) is 5.75 Å². The summed E-state index contributed by atoms with van der Waals surface area (Å²) in [5.41, 5.74) is 0. The van der Waals surface area contributed by atoms with E-state index in [9.17, 15) is 0 Å². The average Bonchev–Trinajstić information content (AvgIpc) is 2.17. The van der Waals surface area contributed by atoms with E-state index in [1.807, 2.05) is 0 Å². The lowest BCUT2D eigenvalue weighted by Crippen LogP contribution is -2.32. The number of hydrogen-bond donors (Lipinski definition) is 4. The summed E-state index contributed by atoms with van der Waals surface area (Å²) in [5.74, 6) is 0.287. The second-order valence-corrected chi connectivity index (χ2v) is 2.59. The van der Waals surface area contributed by atoms with Gasteiger partial charge >= 0.3 is 0 Å². The maximum atomic E-state index is 9.04. The Balaban J connectivity index is 2.53. The summed E-state index contributed by atoms with van der Waals surface area (Å²) in [6.07, 6.45) is -4.05. The third-order valence-corrected chi connectivity index (χ3v) is 1.88. The highest BCUT2D eigenvalue weighted by Gasteiger charge is 2.40. The van der Waals surface area contributed by atoms with Gasteiger partial charge in [0.2, 0.25) is 0 Å². The van der Waals surface area contributed by atoms with Gasteiger partial charge in [-0.2, -0.15) is 12.6 Å². The third kappa shape index (κ3) is 1.28. The summed E-state index contributed by atoms with van der Waals surface area (Å²) in [6.45, 7) is 0. The molecule has 1 unspecified atom stereocenters. The Morgan fingerprint density at radius 2 is 1.80 bits per heavy atom. The molecule has 1 aliphatic heterocycles. The molecule has 0 aromatic heterocycles. The number of ether oxygens (including phenoxy) is 1. The normalized spacial score (nSPS) is 48.0. The molecule has 10 heavy (non-hydrogen) atoms. The van der Waals surface area contributed by atoms with Crippen molar-refractivity contribution in [2.75, 3.05) is 5.75 Å². The average molecular weight is 166 g/mol. The first-order valence-electron chi connectivity index (χ1n) is 2.97. The second-order valence-electron chi connectivity index (χ2n) is 2.23. The first-order chi connectivity index (χ1) is 4.66. The van der Waals surface area contributed by atoms with E-state index >= 15 is 0 Å². The number of rotatable bonds is 1. The highest BCUT2D eigenvalue weighted by molar-refractivity contribution is 7.80. The molecule has 4 atom stereocenters. The summed E-state index contributed by atoms with van der Waals surface area (Å²) in [6, 6.07) is 0.